The minimum atomic E-state index is -4.45. The van der Waals surface area contributed by atoms with Crippen molar-refractivity contribution in [3.05, 3.63) is 50.2 Å². The van der Waals surface area contributed by atoms with Crippen LogP contribution >= 0.6 is 15.9 Å². The normalized spacial score (nSPS) is 11.8. The summed E-state index contributed by atoms with van der Waals surface area (Å²) in [5.74, 6) is 0.165. The number of nitrogen functional groups attached to an aromatic ring is 1. The van der Waals surface area contributed by atoms with Gasteiger partial charge >= 0.3 is 6.18 Å². The number of nitrogens with zero attached hydrogens (tertiary/aromatic N) is 1. The summed E-state index contributed by atoms with van der Waals surface area (Å²) >= 11 is 2.85. The van der Waals surface area contributed by atoms with Gasteiger partial charge in [-0.25, -0.2) is 4.68 Å². The molecule has 0 amide bonds. The van der Waals surface area contributed by atoms with Crippen molar-refractivity contribution >= 4 is 21.7 Å². The first-order valence-electron chi connectivity index (χ1n) is 5.18. The van der Waals surface area contributed by atoms with Crippen LogP contribution in [0.4, 0.5) is 19.0 Å². The maximum atomic E-state index is 12.7. The average Bonchev–Trinajstić information content (AvgIpc) is 2.58. The van der Waals surface area contributed by atoms with E-state index in [0.29, 0.717) is 5.56 Å². The minimum Gasteiger partial charge on any atom is -0.384 e. The van der Waals surface area contributed by atoms with Crippen molar-refractivity contribution in [1.29, 1.82) is 0 Å². The van der Waals surface area contributed by atoms with Gasteiger partial charge in [-0.3, -0.25) is 9.89 Å². The number of benzene rings is 1. The highest BCUT2D eigenvalue weighted by molar-refractivity contribution is 9.10. The Morgan fingerprint density at radius 1 is 1.32 bits per heavy atom. The first kappa shape index (κ1) is 13.7. The molecule has 2 rings (SSSR count). The lowest BCUT2D eigenvalue weighted by molar-refractivity contribution is -0.138. The summed E-state index contributed by atoms with van der Waals surface area (Å²) in [4.78, 5) is 11.4. The van der Waals surface area contributed by atoms with Gasteiger partial charge < -0.3 is 5.73 Å². The fourth-order valence-corrected chi connectivity index (χ4v) is 2.11. The van der Waals surface area contributed by atoms with Crippen LogP contribution < -0.4 is 11.3 Å². The van der Waals surface area contributed by atoms with Gasteiger partial charge in [-0.1, -0.05) is 22.0 Å². The molecule has 102 valence electrons. The summed E-state index contributed by atoms with van der Waals surface area (Å²) in [5.41, 5.74) is 4.56. The summed E-state index contributed by atoms with van der Waals surface area (Å²) in [6.45, 7) is -0.00755. The lowest BCUT2D eigenvalue weighted by Crippen LogP contribution is -2.17. The first-order chi connectivity index (χ1) is 8.77. The number of hydrogen-bond acceptors (Lipinski definition) is 2. The summed E-state index contributed by atoms with van der Waals surface area (Å²) in [7, 11) is 0. The van der Waals surface area contributed by atoms with Crippen LogP contribution in [0.3, 0.4) is 0 Å². The summed E-state index contributed by atoms with van der Waals surface area (Å²) < 4.78 is 39.3. The van der Waals surface area contributed by atoms with E-state index < -0.39 is 17.3 Å². The molecule has 8 heteroatoms. The second-order valence-electron chi connectivity index (χ2n) is 3.95. The Hall–Kier alpha value is -1.70. The van der Waals surface area contributed by atoms with Crippen molar-refractivity contribution in [2.45, 2.75) is 12.7 Å². The molecule has 2 aromatic rings. The van der Waals surface area contributed by atoms with E-state index in [1.54, 1.807) is 0 Å². The van der Waals surface area contributed by atoms with E-state index in [9.17, 15) is 18.0 Å². The van der Waals surface area contributed by atoms with Crippen molar-refractivity contribution in [3.8, 4) is 0 Å². The second kappa shape index (κ2) is 4.76. The third-order valence-electron chi connectivity index (χ3n) is 2.49. The van der Waals surface area contributed by atoms with Gasteiger partial charge in [-0.2, -0.15) is 13.2 Å². The topological polar surface area (TPSA) is 63.8 Å². The zero-order valence-corrected chi connectivity index (χ0v) is 11.0. The first-order valence-corrected chi connectivity index (χ1v) is 5.97. The Bertz CT molecular complexity index is 660. The largest absolute Gasteiger partial charge is 0.417 e. The predicted octanol–water partition coefficient (Wildman–Crippen LogP) is 2.59. The van der Waals surface area contributed by atoms with E-state index in [0.717, 1.165) is 10.7 Å². The molecule has 1 aromatic heterocycles. The molecule has 0 saturated heterocycles. The Labute approximate surface area is 114 Å². The molecule has 0 atom stereocenters. The van der Waals surface area contributed by atoms with Crippen molar-refractivity contribution in [2.24, 2.45) is 0 Å². The average molecular weight is 336 g/mol. The van der Waals surface area contributed by atoms with Crippen LogP contribution in [0.2, 0.25) is 0 Å². The number of H-pyrrole nitrogens is 1. The number of aromatic nitrogens is 2. The Balaban J connectivity index is 2.37. The van der Waals surface area contributed by atoms with E-state index in [4.69, 9.17) is 5.73 Å². The zero-order valence-electron chi connectivity index (χ0n) is 9.46. The van der Waals surface area contributed by atoms with Gasteiger partial charge in [0.05, 0.1) is 12.1 Å². The van der Waals surface area contributed by atoms with Gasteiger partial charge in [0.2, 0.25) is 0 Å². The van der Waals surface area contributed by atoms with Crippen molar-refractivity contribution in [1.82, 2.24) is 9.78 Å². The molecule has 0 aliphatic carbocycles. The molecule has 1 aromatic carbocycles. The molecule has 19 heavy (non-hydrogen) atoms. The summed E-state index contributed by atoms with van der Waals surface area (Å²) in [5, 5.41) is 2.55. The van der Waals surface area contributed by atoms with Gasteiger partial charge in [0.15, 0.2) is 0 Å². The minimum absolute atomic E-state index is 0.00755. The SMILES string of the molecule is Nc1cc(=O)n(Cc2ccc(Br)c(C(F)(F)F)c2)[nH]1. The molecule has 0 aliphatic heterocycles. The molecule has 4 nitrogen and oxygen atoms in total. The second-order valence-corrected chi connectivity index (χ2v) is 4.80. The van der Waals surface area contributed by atoms with Crippen LogP contribution in [0.25, 0.3) is 0 Å². The molecule has 0 fully saturated rings. The number of nitrogens with two attached hydrogens (primary N) is 1. The van der Waals surface area contributed by atoms with Crippen molar-refractivity contribution in [2.75, 3.05) is 5.73 Å². The van der Waals surface area contributed by atoms with E-state index in [1.165, 1.54) is 18.2 Å². The maximum absolute atomic E-state index is 12.7. The van der Waals surface area contributed by atoms with Crippen molar-refractivity contribution in [3.63, 3.8) is 0 Å². The number of nitrogens with one attached hydrogen (secondary N) is 1. The highest BCUT2D eigenvalue weighted by Crippen LogP contribution is 2.35. The fraction of sp³-hybridized carbons (Fsp3) is 0.182. The van der Waals surface area contributed by atoms with E-state index in [-0.39, 0.29) is 16.8 Å². The molecule has 0 aliphatic rings. The predicted molar refractivity (Wildman–Crippen MR) is 67.7 cm³/mol. The highest BCUT2D eigenvalue weighted by Gasteiger charge is 2.33. The Kier molecular flexibility index (Phi) is 3.44. The fourth-order valence-electron chi connectivity index (χ4n) is 1.64. The van der Waals surface area contributed by atoms with E-state index in [1.807, 2.05) is 0 Å². The number of hydrogen-bond donors (Lipinski definition) is 2. The van der Waals surface area contributed by atoms with Crippen molar-refractivity contribution < 1.29 is 13.2 Å². The maximum Gasteiger partial charge on any atom is 0.417 e. The van der Waals surface area contributed by atoms with Crippen LogP contribution in [0.5, 0.6) is 0 Å². The van der Waals surface area contributed by atoms with Crippen LogP contribution in [-0.4, -0.2) is 9.78 Å². The number of anilines is 1. The van der Waals surface area contributed by atoms with Gasteiger partial charge in [0.1, 0.15) is 5.82 Å². The molecule has 3 N–H and O–H groups in total. The van der Waals surface area contributed by atoms with E-state index in [2.05, 4.69) is 21.0 Å². The van der Waals surface area contributed by atoms with Crippen LogP contribution in [0.1, 0.15) is 11.1 Å². The van der Waals surface area contributed by atoms with Gasteiger partial charge in [-0.05, 0) is 17.7 Å². The molecule has 0 spiro atoms. The third-order valence-corrected chi connectivity index (χ3v) is 3.18. The number of alkyl halides is 3. The lowest BCUT2D eigenvalue weighted by atomic mass is 10.1. The highest BCUT2D eigenvalue weighted by atomic mass is 79.9. The molecule has 0 saturated carbocycles. The van der Waals surface area contributed by atoms with Gasteiger partial charge in [-0.15, -0.1) is 0 Å². The summed E-state index contributed by atoms with van der Waals surface area (Å²) in [6.07, 6.45) is -4.45. The van der Waals surface area contributed by atoms with Gasteiger partial charge in [0, 0.05) is 10.5 Å². The smallest absolute Gasteiger partial charge is 0.384 e. The molecule has 1 heterocycles. The molecule has 0 radical (unpaired) electrons. The van der Waals surface area contributed by atoms with Crippen LogP contribution in [0, 0.1) is 0 Å². The monoisotopic (exact) mass is 335 g/mol. The Morgan fingerprint density at radius 3 is 2.53 bits per heavy atom. The molecule has 0 bridgehead atoms. The number of halogens is 4. The standard InChI is InChI=1S/C11H9BrF3N3O/c12-8-2-1-6(3-7(8)11(13,14)15)5-18-10(19)4-9(16)17-18/h1-4,17H,5,16H2. The zero-order chi connectivity index (χ0) is 14.2. The quantitative estimate of drug-likeness (QED) is 0.885. The Morgan fingerprint density at radius 2 is 2.00 bits per heavy atom. The number of rotatable bonds is 2. The van der Waals surface area contributed by atoms with E-state index >= 15 is 0 Å². The molecular weight excluding hydrogens is 327 g/mol. The van der Waals surface area contributed by atoms with Gasteiger partial charge in [0.25, 0.3) is 5.56 Å². The molecule has 0 unspecified atom stereocenters. The third kappa shape index (κ3) is 3.01. The summed E-state index contributed by atoms with van der Waals surface area (Å²) in [6, 6.07) is 4.97. The lowest BCUT2D eigenvalue weighted by Gasteiger charge is -2.11. The number of aromatic amines is 1. The van der Waals surface area contributed by atoms with Crippen LogP contribution in [-0.2, 0) is 12.7 Å². The molecular formula is C11H9BrF3N3O. The van der Waals surface area contributed by atoms with Crippen LogP contribution in [0.15, 0.2) is 33.5 Å².